The Balaban J connectivity index is 1.93. The first-order valence-electron chi connectivity index (χ1n) is 7.51. The van der Waals surface area contributed by atoms with E-state index in [4.69, 9.17) is 9.52 Å². The average Bonchev–Trinajstić information content (AvgIpc) is 2.53. The SMILES string of the molecule is CN(C)C(=O)CN1CCN(Cc2oc(CO)cc(=O)c2O)CC1. The number of aromatic hydroxyl groups is 1. The monoisotopic (exact) mass is 325 g/mol. The molecule has 1 aliphatic heterocycles. The van der Waals surface area contributed by atoms with E-state index >= 15 is 0 Å². The van der Waals surface area contributed by atoms with Crippen molar-refractivity contribution in [1.29, 1.82) is 0 Å². The topological polar surface area (TPSA) is 97.5 Å². The van der Waals surface area contributed by atoms with Crippen molar-refractivity contribution in [1.82, 2.24) is 14.7 Å². The van der Waals surface area contributed by atoms with Crippen LogP contribution in [0, 0.1) is 0 Å². The van der Waals surface area contributed by atoms with Crippen LogP contribution in [0.1, 0.15) is 11.5 Å². The Hall–Kier alpha value is -1.90. The van der Waals surface area contributed by atoms with Crippen molar-refractivity contribution in [3.05, 3.63) is 27.8 Å². The minimum Gasteiger partial charge on any atom is -0.502 e. The second-order valence-corrected chi connectivity index (χ2v) is 5.85. The Bertz CT molecular complexity index is 606. The van der Waals surface area contributed by atoms with E-state index in [1.165, 1.54) is 0 Å². The van der Waals surface area contributed by atoms with Gasteiger partial charge in [0.05, 0.1) is 13.1 Å². The van der Waals surface area contributed by atoms with Crippen molar-refractivity contribution in [2.45, 2.75) is 13.2 Å². The second kappa shape index (κ2) is 7.58. The maximum atomic E-state index is 11.7. The molecule has 0 saturated carbocycles. The molecule has 1 aliphatic rings. The molecule has 0 spiro atoms. The van der Waals surface area contributed by atoms with Crippen LogP contribution in [0.4, 0.5) is 0 Å². The quantitative estimate of drug-likeness (QED) is 0.720. The Kier molecular flexibility index (Phi) is 5.75. The molecule has 1 aromatic rings. The zero-order valence-corrected chi connectivity index (χ0v) is 13.5. The van der Waals surface area contributed by atoms with Gasteiger partial charge in [-0.25, -0.2) is 0 Å². The molecular weight excluding hydrogens is 302 g/mol. The summed E-state index contributed by atoms with van der Waals surface area (Å²) in [5, 5.41) is 18.9. The van der Waals surface area contributed by atoms with Crippen molar-refractivity contribution in [2.75, 3.05) is 46.8 Å². The largest absolute Gasteiger partial charge is 0.502 e. The number of amides is 1. The first-order valence-corrected chi connectivity index (χ1v) is 7.51. The van der Waals surface area contributed by atoms with Gasteiger partial charge >= 0.3 is 0 Å². The minimum absolute atomic E-state index is 0.0674. The highest BCUT2D eigenvalue weighted by molar-refractivity contribution is 5.77. The van der Waals surface area contributed by atoms with Gasteiger partial charge in [-0.1, -0.05) is 0 Å². The summed E-state index contributed by atoms with van der Waals surface area (Å²) in [6.45, 7) is 3.16. The normalized spacial score (nSPS) is 16.5. The van der Waals surface area contributed by atoms with Crippen LogP contribution in [0.5, 0.6) is 5.75 Å². The molecule has 0 bridgehead atoms. The molecule has 0 unspecified atom stereocenters. The van der Waals surface area contributed by atoms with Crippen molar-refractivity contribution in [3.8, 4) is 5.75 Å². The summed E-state index contributed by atoms with van der Waals surface area (Å²) in [5.74, 6) is -0.0393. The zero-order valence-electron chi connectivity index (χ0n) is 13.5. The number of hydrogen-bond donors (Lipinski definition) is 2. The van der Waals surface area contributed by atoms with E-state index in [1.807, 2.05) is 4.90 Å². The van der Waals surface area contributed by atoms with Gasteiger partial charge in [0, 0.05) is 46.3 Å². The summed E-state index contributed by atoms with van der Waals surface area (Å²) in [6, 6.07) is 1.09. The van der Waals surface area contributed by atoms with Gasteiger partial charge in [0.25, 0.3) is 0 Å². The highest BCUT2D eigenvalue weighted by Gasteiger charge is 2.22. The van der Waals surface area contributed by atoms with Gasteiger partial charge in [-0.15, -0.1) is 0 Å². The number of likely N-dealkylation sites (N-methyl/N-ethyl adjacent to an activating group) is 1. The summed E-state index contributed by atoms with van der Waals surface area (Å²) in [5.41, 5.74) is -0.550. The molecule has 23 heavy (non-hydrogen) atoms. The van der Waals surface area contributed by atoms with Crippen LogP contribution in [0.2, 0.25) is 0 Å². The van der Waals surface area contributed by atoms with Gasteiger partial charge in [-0.05, 0) is 0 Å². The number of rotatable bonds is 5. The molecule has 2 heterocycles. The van der Waals surface area contributed by atoms with Crippen LogP contribution in [0.3, 0.4) is 0 Å². The lowest BCUT2D eigenvalue weighted by Crippen LogP contribution is -2.48. The Morgan fingerprint density at radius 2 is 1.87 bits per heavy atom. The molecule has 1 fully saturated rings. The van der Waals surface area contributed by atoms with Gasteiger partial charge in [0.15, 0.2) is 5.76 Å². The summed E-state index contributed by atoms with van der Waals surface area (Å²) in [6.07, 6.45) is 0. The number of aliphatic hydroxyl groups is 1. The smallest absolute Gasteiger partial charge is 0.236 e. The number of nitrogens with zero attached hydrogens (tertiary/aromatic N) is 3. The lowest BCUT2D eigenvalue weighted by molar-refractivity contribution is -0.130. The third-order valence-electron chi connectivity index (χ3n) is 3.89. The molecule has 0 radical (unpaired) electrons. The van der Waals surface area contributed by atoms with E-state index < -0.39 is 11.2 Å². The van der Waals surface area contributed by atoms with E-state index in [2.05, 4.69) is 4.90 Å². The van der Waals surface area contributed by atoms with Crippen LogP contribution < -0.4 is 5.43 Å². The summed E-state index contributed by atoms with van der Waals surface area (Å²) >= 11 is 0. The predicted molar refractivity (Wildman–Crippen MR) is 83.0 cm³/mol. The second-order valence-electron chi connectivity index (χ2n) is 5.85. The minimum atomic E-state index is -0.550. The third-order valence-corrected chi connectivity index (χ3v) is 3.89. The Morgan fingerprint density at radius 3 is 2.43 bits per heavy atom. The van der Waals surface area contributed by atoms with Crippen molar-refractivity contribution < 1.29 is 19.4 Å². The van der Waals surface area contributed by atoms with E-state index in [0.717, 1.165) is 19.2 Å². The molecule has 128 valence electrons. The van der Waals surface area contributed by atoms with Crippen LogP contribution in [-0.4, -0.2) is 77.6 Å². The summed E-state index contributed by atoms with van der Waals surface area (Å²) in [7, 11) is 3.47. The highest BCUT2D eigenvalue weighted by atomic mass is 16.4. The number of hydrogen-bond acceptors (Lipinski definition) is 7. The van der Waals surface area contributed by atoms with Crippen LogP contribution in [0.25, 0.3) is 0 Å². The van der Waals surface area contributed by atoms with E-state index in [-0.39, 0.29) is 24.0 Å². The van der Waals surface area contributed by atoms with Crippen LogP contribution in [-0.2, 0) is 17.9 Å². The van der Waals surface area contributed by atoms with Gasteiger partial charge < -0.3 is 19.5 Å². The molecule has 0 atom stereocenters. The maximum Gasteiger partial charge on any atom is 0.236 e. The highest BCUT2D eigenvalue weighted by Crippen LogP contribution is 2.17. The predicted octanol–water partition coefficient (Wildman–Crippen LogP) is -0.956. The number of carbonyl (C=O) groups excluding carboxylic acids is 1. The van der Waals surface area contributed by atoms with Crippen molar-refractivity contribution in [3.63, 3.8) is 0 Å². The molecule has 0 aliphatic carbocycles. The van der Waals surface area contributed by atoms with Crippen molar-refractivity contribution >= 4 is 5.91 Å². The first kappa shape index (κ1) is 17.5. The van der Waals surface area contributed by atoms with Crippen molar-refractivity contribution in [2.24, 2.45) is 0 Å². The molecule has 1 aromatic heterocycles. The molecule has 1 amide bonds. The number of aliphatic hydroxyl groups excluding tert-OH is 1. The lowest BCUT2D eigenvalue weighted by Gasteiger charge is -2.34. The molecule has 0 aromatic carbocycles. The standard InChI is InChI=1S/C15H23N3O5/c1-16(2)14(21)9-18-5-3-17(4-6-18)8-13-15(22)12(20)7-11(10-19)23-13/h7,19,22H,3-6,8-10H2,1-2H3. The zero-order chi connectivity index (χ0) is 17.0. The Morgan fingerprint density at radius 1 is 1.26 bits per heavy atom. The van der Waals surface area contributed by atoms with E-state index in [9.17, 15) is 14.7 Å². The molecule has 2 N–H and O–H groups in total. The molecule has 2 rings (SSSR count). The first-order chi connectivity index (χ1) is 10.9. The number of piperazine rings is 1. The lowest BCUT2D eigenvalue weighted by atomic mass is 10.2. The maximum absolute atomic E-state index is 11.7. The molecular formula is C15H23N3O5. The van der Waals surface area contributed by atoms with E-state index in [0.29, 0.717) is 26.2 Å². The van der Waals surface area contributed by atoms with Gasteiger partial charge in [0.2, 0.25) is 17.1 Å². The van der Waals surface area contributed by atoms with Gasteiger partial charge in [0.1, 0.15) is 12.4 Å². The fourth-order valence-corrected chi connectivity index (χ4v) is 2.41. The van der Waals surface area contributed by atoms with Gasteiger partial charge in [-0.3, -0.25) is 19.4 Å². The van der Waals surface area contributed by atoms with Crippen LogP contribution in [0.15, 0.2) is 15.3 Å². The molecule has 1 saturated heterocycles. The fourth-order valence-electron chi connectivity index (χ4n) is 2.41. The third kappa shape index (κ3) is 4.54. The van der Waals surface area contributed by atoms with E-state index in [1.54, 1.807) is 19.0 Å². The summed E-state index contributed by atoms with van der Waals surface area (Å²) < 4.78 is 5.35. The molecule has 8 heteroatoms. The summed E-state index contributed by atoms with van der Waals surface area (Å²) in [4.78, 5) is 29.0. The fraction of sp³-hybridized carbons (Fsp3) is 0.600. The Labute approximate surface area is 134 Å². The van der Waals surface area contributed by atoms with Gasteiger partial charge in [-0.2, -0.15) is 0 Å². The molecule has 8 nitrogen and oxygen atoms in total. The number of carbonyl (C=O) groups is 1. The van der Waals surface area contributed by atoms with Crippen LogP contribution >= 0.6 is 0 Å². The average molecular weight is 325 g/mol.